The molecule has 0 aliphatic carbocycles. The second-order valence-corrected chi connectivity index (χ2v) is 7.50. The van der Waals surface area contributed by atoms with Gasteiger partial charge >= 0.3 is 0 Å². The zero-order valence-corrected chi connectivity index (χ0v) is 15.9. The molecule has 0 saturated heterocycles. The van der Waals surface area contributed by atoms with Crippen LogP contribution in [0.25, 0.3) is 0 Å². The van der Waals surface area contributed by atoms with E-state index in [-0.39, 0.29) is 0 Å². The summed E-state index contributed by atoms with van der Waals surface area (Å²) < 4.78 is 0. The molecule has 0 spiro atoms. The number of hydrogen-bond acceptors (Lipinski definition) is 0. The van der Waals surface area contributed by atoms with Gasteiger partial charge < -0.3 is 0 Å². The van der Waals surface area contributed by atoms with Gasteiger partial charge in [0.15, 0.2) is 0 Å². The maximum absolute atomic E-state index is 2.45. The molecule has 0 aromatic rings. The lowest BCUT2D eigenvalue weighted by molar-refractivity contribution is 0.324. The van der Waals surface area contributed by atoms with Crippen LogP contribution in [0.2, 0.25) is 0 Å². The van der Waals surface area contributed by atoms with Gasteiger partial charge in [-0.1, -0.05) is 118 Å². The third-order valence-electron chi connectivity index (χ3n) is 5.16. The van der Waals surface area contributed by atoms with E-state index in [0.29, 0.717) is 0 Å². The van der Waals surface area contributed by atoms with Crippen LogP contribution >= 0.6 is 0 Å². The summed E-state index contributed by atoms with van der Waals surface area (Å²) in [5, 5.41) is 0. The lowest BCUT2D eigenvalue weighted by atomic mass is 9.86. The van der Waals surface area contributed by atoms with Crippen LogP contribution in [0.3, 0.4) is 0 Å². The molecule has 0 aliphatic heterocycles. The zero-order valence-electron chi connectivity index (χ0n) is 15.9. The highest BCUT2D eigenvalue weighted by Gasteiger charge is 2.12. The van der Waals surface area contributed by atoms with E-state index in [0.717, 1.165) is 17.8 Å². The minimum Gasteiger partial charge on any atom is -0.0654 e. The van der Waals surface area contributed by atoms with Crippen LogP contribution in [-0.2, 0) is 0 Å². The van der Waals surface area contributed by atoms with Crippen LogP contribution in [0.1, 0.15) is 118 Å². The van der Waals surface area contributed by atoms with E-state index in [9.17, 15) is 0 Å². The lowest BCUT2D eigenvalue weighted by Gasteiger charge is -2.20. The van der Waals surface area contributed by atoms with Gasteiger partial charge in [0.2, 0.25) is 0 Å². The highest BCUT2D eigenvalue weighted by molar-refractivity contribution is 4.65. The molecule has 0 rings (SSSR count). The maximum Gasteiger partial charge on any atom is -0.0414 e. The fourth-order valence-corrected chi connectivity index (χ4v) is 3.94. The van der Waals surface area contributed by atoms with Crippen molar-refractivity contribution in [2.75, 3.05) is 0 Å². The molecule has 0 nitrogen and oxygen atoms in total. The molecule has 0 N–H and O–H groups in total. The Morgan fingerprint density at radius 3 is 1.33 bits per heavy atom. The smallest absolute Gasteiger partial charge is 0.0414 e. The van der Waals surface area contributed by atoms with Crippen molar-refractivity contribution >= 4 is 0 Å². The molecule has 0 bridgehead atoms. The Balaban J connectivity index is 3.95. The summed E-state index contributed by atoms with van der Waals surface area (Å²) in [6, 6.07) is 0. The van der Waals surface area contributed by atoms with Crippen molar-refractivity contribution in [1.29, 1.82) is 0 Å². The first-order valence-electron chi connectivity index (χ1n) is 10.2. The Labute approximate surface area is 136 Å². The summed E-state index contributed by atoms with van der Waals surface area (Å²) in [6.07, 6.45) is 18.7. The van der Waals surface area contributed by atoms with E-state index in [1.165, 1.54) is 83.5 Å². The molecule has 2 atom stereocenters. The quantitative estimate of drug-likeness (QED) is 0.287. The van der Waals surface area contributed by atoms with Crippen molar-refractivity contribution in [3.63, 3.8) is 0 Å². The zero-order chi connectivity index (χ0) is 15.9. The average Bonchev–Trinajstić information content (AvgIpc) is 2.45. The van der Waals surface area contributed by atoms with E-state index in [1.54, 1.807) is 0 Å². The third-order valence-corrected chi connectivity index (χ3v) is 5.16. The van der Waals surface area contributed by atoms with Gasteiger partial charge in [0.1, 0.15) is 0 Å². The van der Waals surface area contributed by atoms with Gasteiger partial charge in [-0.15, -0.1) is 0 Å². The molecular weight excluding hydrogens is 252 g/mol. The summed E-state index contributed by atoms with van der Waals surface area (Å²) in [6.45, 7) is 11.8. The van der Waals surface area contributed by atoms with Crippen LogP contribution in [0, 0.1) is 17.8 Å². The SMILES string of the molecule is CCCC(C)CCC(CCC)CCCC(CCC)CCC. The van der Waals surface area contributed by atoms with E-state index in [1.807, 2.05) is 0 Å². The molecule has 128 valence electrons. The molecule has 0 heteroatoms. The lowest BCUT2D eigenvalue weighted by Crippen LogP contribution is -2.06. The molecular formula is C21H44. The fourth-order valence-electron chi connectivity index (χ4n) is 3.94. The van der Waals surface area contributed by atoms with Gasteiger partial charge in [0.25, 0.3) is 0 Å². The standard InChI is InChI=1S/C21H44/c1-6-11-19(5)17-18-21(14-9-4)16-10-15-20(12-7-2)13-8-3/h19-21H,6-18H2,1-5H3. The van der Waals surface area contributed by atoms with Crippen molar-refractivity contribution in [1.82, 2.24) is 0 Å². The first kappa shape index (κ1) is 21.0. The Hall–Kier alpha value is 0. The van der Waals surface area contributed by atoms with Crippen molar-refractivity contribution < 1.29 is 0 Å². The highest BCUT2D eigenvalue weighted by atomic mass is 14.2. The normalized spacial score (nSPS) is 14.6. The van der Waals surface area contributed by atoms with Crippen molar-refractivity contribution in [3.05, 3.63) is 0 Å². The molecule has 0 heterocycles. The Bertz CT molecular complexity index is 190. The van der Waals surface area contributed by atoms with Gasteiger partial charge in [0, 0.05) is 0 Å². The fraction of sp³-hybridized carbons (Fsp3) is 1.00. The molecule has 0 aromatic carbocycles. The predicted molar refractivity (Wildman–Crippen MR) is 98.9 cm³/mol. The summed E-state index contributed by atoms with van der Waals surface area (Å²) >= 11 is 0. The molecule has 0 amide bonds. The monoisotopic (exact) mass is 296 g/mol. The van der Waals surface area contributed by atoms with Gasteiger partial charge in [0.05, 0.1) is 0 Å². The predicted octanol–water partition coefficient (Wildman–Crippen LogP) is 8.01. The molecule has 2 unspecified atom stereocenters. The molecule has 0 saturated carbocycles. The van der Waals surface area contributed by atoms with Crippen molar-refractivity contribution in [2.24, 2.45) is 17.8 Å². The second-order valence-electron chi connectivity index (χ2n) is 7.50. The maximum atomic E-state index is 2.45. The highest BCUT2D eigenvalue weighted by Crippen LogP contribution is 2.27. The van der Waals surface area contributed by atoms with Crippen LogP contribution in [0.4, 0.5) is 0 Å². The van der Waals surface area contributed by atoms with Gasteiger partial charge in [-0.05, 0) is 17.8 Å². The third kappa shape index (κ3) is 12.2. The van der Waals surface area contributed by atoms with Gasteiger partial charge in [-0.3, -0.25) is 0 Å². The molecule has 0 aliphatic rings. The second kappa shape index (κ2) is 14.9. The first-order valence-corrected chi connectivity index (χ1v) is 10.2. The first-order chi connectivity index (χ1) is 10.2. The van der Waals surface area contributed by atoms with Crippen LogP contribution in [-0.4, -0.2) is 0 Å². The Morgan fingerprint density at radius 2 is 0.905 bits per heavy atom. The largest absolute Gasteiger partial charge is 0.0654 e. The summed E-state index contributed by atoms with van der Waals surface area (Å²) in [4.78, 5) is 0. The van der Waals surface area contributed by atoms with Gasteiger partial charge in [-0.25, -0.2) is 0 Å². The Kier molecular flexibility index (Phi) is 14.9. The number of rotatable bonds is 15. The van der Waals surface area contributed by atoms with Crippen LogP contribution < -0.4 is 0 Å². The Morgan fingerprint density at radius 1 is 0.476 bits per heavy atom. The van der Waals surface area contributed by atoms with E-state index < -0.39 is 0 Å². The minimum atomic E-state index is 0.947. The molecule has 0 aromatic heterocycles. The topological polar surface area (TPSA) is 0 Å². The van der Waals surface area contributed by atoms with Gasteiger partial charge in [-0.2, -0.15) is 0 Å². The van der Waals surface area contributed by atoms with E-state index in [4.69, 9.17) is 0 Å². The molecule has 0 radical (unpaired) electrons. The minimum absolute atomic E-state index is 0.947. The van der Waals surface area contributed by atoms with E-state index >= 15 is 0 Å². The summed E-state index contributed by atoms with van der Waals surface area (Å²) in [7, 11) is 0. The number of hydrogen-bond donors (Lipinski definition) is 0. The van der Waals surface area contributed by atoms with Crippen molar-refractivity contribution in [2.45, 2.75) is 118 Å². The molecule has 0 fully saturated rings. The van der Waals surface area contributed by atoms with Crippen LogP contribution in [0.15, 0.2) is 0 Å². The van der Waals surface area contributed by atoms with Crippen molar-refractivity contribution in [3.8, 4) is 0 Å². The average molecular weight is 297 g/mol. The summed E-state index contributed by atoms with van der Waals surface area (Å²) in [5.74, 6) is 2.97. The van der Waals surface area contributed by atoms with Crippen LogP contribution in [0.5, 0.6) is 0 Å². The molecule has 21 heavy (non-hydrogen) atoms. The summed E-state index contributed by atoms with van der Waals surface area (Å²) in [5.41, 5.74) is 0. The van der Waals surface area contributed by atoms with E-state index in [2.05, 4.69) is 34.6 Å².